The van der Waals surface area contributed by atoms with Crippen LogP contribution in [0, 0.1) is 5.92 Å². The summed E-state index contributed by atoms with van der Waals surface area (Å²) in [5, 5.41) is 6.58. The number of nitrogens with one attached hydrogen (secondary N) is 2. The topological polar surface area (TPSA) is 60.0 Å². The number of nitrogens with zero attached hydrogens (tertiary/aromatic N) is 3. The van der Waals surface area contributed by atoms with Gasteiger partial charge < -0.3 is 20.4 Å². The van der Waals surface area contributed by atoms with Crippen LogP contribution in [0.15, 0.2) is 4.99 Å². The number of amides is 1. The molecule has 1 amide bonds. The number of hydrogen-bond donors (Lipinski definition) is 2. The quantitative estimate of drug-likeness (QED) is 0.539. The van der Waals surface area contributed by atoms with Gasteiger partial charge in [-0.15, -0.1) is 0 Å². The smallest absolute Gasteiger partial charge is 0.243 e. The average molecular weight is 295 g/mol. The van der Waals surface area contributed by atoms with Gasteiger partial charge in [-0.2, -0.15) is 0 Å². The molecular formula is C15H29N5O. The van der Waals surface area contributed by atoms with E-state index >= 15 is 0 Å². The molecule has 1 saturated carbocycles. The number of guanidine groups is 1. The van der Waals surface area contributed by atoms with Crippen molar-refractivity contribution >= 4 is 11.9 Å². The number of aliphatic imine (C=N–C) groups is 1. The minimum Gasteiger partial charge on any atom is -0.357 e. The second kappa shape index (κ2) is 7.64. The molecule has 6 nitrogen and oxygen atoms in total. The molecule has 6 heteroatoms. The molecule has 2 rings (SSSR count). The maximum Gasteiger partial charge on any atom is 0.243 e. The van der Waals surface area contributed by atoms with Gasteiger partial charge in [0.25, 0.3) is 0 Å². The molecule has 0 spiro atoms. The van der Waals surface area contributed by atoms with Gasteiger partial charge in [-0.1, -0.05) is 0 Å². The van der Waals surface area contributed by atoms with Gasteiger partial charge in [0, 0.05) is 39.8 Å². The van der Waals surface area contributed by atoms with Crippen molar-refractivity contribution in [2.45, 2.75) is 32.2 Å². The molecule has 0 aromatic rings. The van der Waals surface area contributed by atoms with E-state index in [0.717, 1.165) is 25.1 Å². The van der Waals surface area contributed by atoms with Crippen LogP contribution in [0.5, 0.6) is 0 Å². The molecule has 2 aliphatic rings. The van der Waals surface area contributed by atoms with Crippen molar-refractivity contribution in [3.8, 4) is 0 Å². The number of carbonyl (C=O) groups is 1. The fourth-order valence-corrected chi connectivity index (χ4v) is 2.67. The lowest BCUT2D eigenvalue weighted by Gasteiger charge is -2.17. The Hall–Kier alpha value is -1.30. The zero-order valence-corrected chi connectivity index (χ0v) is 13.6. The summed E-state index contributed by atoms with van der Waals surface area (Å²) in [5.74, 6) is 1.46. The highest BCUT2D eigenvalue weighted by Crippen LogP contribution is 2.31. The van der Waals surface area contributed by atoms with Crippen LogP contribution >= 0.6 is 0 Å². The average Bonchev–Trinajstić information content (AvgIpc) is 3.20. The van der Waals surface area contributed by atoms with Crippen LogP contribution in [-0.2, 0) is 4.79 Å². The van der Waals surface area contributed by atoms with Crippen molar-refractivity contribution in [1.29, 1.82) is 0 Å². The largest absolute Gasteiger partial charge is 0.357 e. The van der Waals surface area contributed by atoms with E-state index in [2.05, 4.69) is 20.5 Å². The summed E-state index contributed by atoms with van der Waals surface area (Å²) in [6.07, 6.45) is 4.04. The van der Waals surface area contributed by atoms with Crippen LogP contribution in [0.4, 0.5) is 0 Å². The van der Waals surface area contributed by atoms with Crippen LogP contribution < -0.4 is 10.6 Å². The highest BCUT2D eigenvalue weighted by molar-refractivity contribution is 5.84. The van der Waals surface area contributed by atoms with E-state index in [1.807, 2.05) is 6.92 Å². The fourth-order valence-electron chi connectivity index (χ4n) is 2.67. The summed E-state index contributed by atoms with van der Waals surface area (Å²) in [6, 6.07) is 0.870. The lowest BCUT2D eigenvalue weighted by atomic mass is 10.1. The number of carbonyl (C=O) groups excluding carboxylic acids is 1. The van der Waals surface area contributed by atoms with Crippen molar-refractivity contribution in [2.75, 3.05) is 46.8 Å². The Kier molecular flexibility index (Phi) is 5.85. The number of likely N-dealkylation sites (N-methyl/N-ethyl adjacent to an activating group) is 1. The standard InChI is InChI=1S/C15H29N5O/c1-4-16-15(18-10-14(21)19(2)3)17-9-12-7-8-20(11-12)13-5-6-13/h12-13H,4-11H2,1-3H3,(H2,16,17,18). The van der Waals surface area contributed by atoms with E-state index < -0.39 is 0 Å². The van der Waals surface area contributed by atoms with Crippen LogP contribution in [0.2, 0.25) is 0 Å². The highest BCUT2D eigenvalue weighted by Gasteiger charge is 2.34. The molecule has 21 heavy (non-hydrogen) atoms. The second-order valence-corrected chi connectivity index (χ2v) is 6.25. The van der Waals surface area contributed by atoms with Crippen molar-refractivity contribution < 1.29 is 4.79 Å². The van der Waals surface area contributed by atoms with Gasteiger partial charge in [-0.05, 0) is 38.6 Å². The first kappa shape index (κ1) is 16.1. The Morgan fingerprint density at radius 1 is 1.29 bits per heavy atom. The first-order valence-electron chi connectivity index (χ1n) is 8.06. The van der Waals surface area contributed by atoms with Crippen molar-refractivity contribution in [2.24, 2.45) is 10.9 Å². The molecular weight excluding hydrogens is 266 g/mol. The zero-order valence-electron chi connectivity index (χ0n) is 13.6. The van der Waals surface area contributed by atoms with Crippen molar-refractivity contribution in [3.63, 3.8) is 0 Å². The van der Waals surface area contributed by atoms with Gasteiger partial charge in [0.05, 0.1) is 0 Å². The maximum atomic E-state index is 11.6. The third-order valence-corrected chi connectivity index (χ3v) is 4.15. The van der Waals surface area contributed by atoms with E-state index in [-0.39, 0.29) is 12.5 Å². The molecule has 2 fully saturated rings. The third kappa shape index (κ3) is 5.19. The monoisotopic (exact) mass is 295 g/mol. The Bertz CT molecular complexity index is 378. The summed E-state index contributed by atoms with van der Waals surface area (Å²) < 4.78 is 0. The molecule has 1 aliphatic heterocycles. The molecule has 1 heterocycles. The van der Waals surface area contributed by atoms with E-state index in [9.17, 15) is 4.79 Å². The van der Waals surface area contributed by atoms with Crippen LogP contribution in [0.25, 0.3) is 0 Å². The van der Waals surface area contributed by atoms with Crippen molar-refractivity contribution in [3.05, 3.63) is 0 Å². The van der Waals surface area contributed by atoms with Gasteiger partial charge >= 0.3 is 0 Å². The normalized spacial score (nSPS) is 23.2. The molecule has 120 valence electrons. The van der Waals surface area contributed by atoms with Crippen LogP contribution in [0.3, 0.4) is 0 Å². The van der Waals surface area contributed by atoms with Crippen LogP contribution in [0.1, 0.15) is 26.2 Å². The first-order chi connectivity index (χ1) is 10.1. The number of likely N-dealkylation sites (tertiary alicyclic amines) is 1. The van der Waals surface area contributed by atoms with E-state index in [4.69, 9.17) is 0 Å². The fraction of sp³-hybridized carbons (Fsp3) is 0.867. The molecule has 0 radical (unpaired) electrons. The lowest BCUT2D eigenvalue weighted by molar-refractivity contribution is -0.127. The number of hydrogen-bond acceptors (Lipinski definition) is 3. The lowest BCUT2D eigenvalue weighted by Crippen LogP contribution is -2.41. The number of rotatable bonds is 6. The summed E-state index contributed by atoms with van der Waals surface area (Å²) in [6.45, 7) is 6.42. The van der Waals surface area contributed by atoms with Gasteiger partial charge in [0.2, 0.25) is 5.91 Å². The van der Waals surface area contributed by atoms with E-state index in [1.54, 1.807) is 19.0 Å². The van der Waals surface area contributed by atoms with Gasteiger partial charge in [-0.25, -0.2) is 4.99 Å². The summed E-state index contributed by atoms with van der Waals surface area (Å²) in [4.78, 5) is 20.1. The zero-order chi connectivity index (χ0) is 15.2. The SMILES string of the molecule is CCNC(=NCC(=O)N(C)C)NCC1CCN(C2CC2)C1. The minimum atomic E-state index is 0.0213. The van der Waals surface area contributed by atoms with E-state index in [0.29, 0.717) is 5.92 Å². The third-order valence-electron chi connectivity index (χ3n) is 4.15. The molecule has 1 atom stereocenters. The molecule has 0 aromatic heterocycles. The van der Waals surface area contributed by atoms with Gasteiger partial charge in [0.15, 0.2) is 5.96 Å². The predicted molar refractivity (Wildman–Crippen MR) is 85.4 cm³/mol. The first-order valence-corrected chi connectivity index (χ1v) is 8.06. The highest BCUT2D eigenvalue weighted by atomic mass is 16.2. The molecule has 1 unspecified atom stereocenters. The minimum absolute atomic E-state index is 0.0213. The summed E-state index contributed by atoms with van der Waals surface area (Å²) >= 11 is 0. The molecule has 1 aliphatic carbocycles. The Labute approximate surface area is 128 Å². The second-order valence-electron chi connectivity index (χ2n) is 6.25. The van der Waals surface area contributed by atoms with Crippen LogP contribution in [-0.4, -0.2) is 74.5 Å². The Morgan fingerprint density at radius 2 is 2.05 bits per heavy atom. The van der Waals surface area contributed by atoms with Gasteiger partial charge in [-0.3, -0.25) is 4.79 Å². The van der Waals surface area contributed by atoms with Crippen molar-refractivity contribution in [1.82, 2.24) is 20.4 Å². The summed E-state index contributed by atoms with van der Waals surface area (Å²) in [7, 11) is 3.51. The molecule has 1 saturated heterocycles. The molecule has 0 bridgehead atoms. The Balaban J connectivity index is 1.74. The predicted octanol–water partition coefficient (Wildman–Crippen LogP) is 0.114. The molecule has 2 N–H and O–H groups in total. The van der Waals surface area contributed by atoms with E-state index in [1.165, 1.54) is 32.4 Å². The molecule has 0 aromatic carbocycles. The van der Waals surface area contributed by atoms with Gasteiger partial charge in [0.1, 0.15) is 6.54 Å². The maximum absolute atomic E-state index is 11.6. The summed E-state index contributed by atoms with van der Waals surface area (Å²) in [5.41, 5.74) is 0. The Morgan fingerprint density at radius 3 is 2.67 bits per heavy atom.